The number of nitrogens with one attached hydrogen (secondary N) is 1. The number of amides is 1. The second-order valence-corrected chi connectivity index (χ2v) is 7.95. The van der Waals surface area contributed by atoms with Crippen LogP contribution in [0.2, 0.25) is 0 Å². The fourth-order valence-corrected chi connectivity index (χ4v) is 3.76. The fraction of sp³-hybridized carbons (Fsp3) is 0.227. The summed E-state index contributed by atoms with van der Waals surface area (Å²) in [5.74, 6) is -0.426. The van der Waals surface area contributed by atoms with Gasteiger partial charge >= 0.3 is 12.4 Å². The van der Waals surface area contributed by atoms with Crippen molar-refractivity contribution in [3.8, 4) is 11.3 Å². The number of halogens is 7. The van der Waals surface area contributed by atoms with Crippen molar-refractivity contribution in [2.45, 2.75) is 25.7 Å². The summed E-state index contributed by atoms with van der Waals surface area (Å²) < 4.78 is 80.2. The molecule has 0 aliphatic rings. The Kier molecular flexibility index (Phi) is 6.83. The number of carbonyl (C=O) groups is 1. The van der Waals surface area contributed by atoms with E-state index in [1.54, 1.807) is 24.3 Å². The lowest BCUT2D eigenvalue weighted by molar-refractivity contribution is -0.143. The maximum absolute atomic E-state index is 13.3. The zero-order valence-corrected chi connectivity index (χ0v) is 18.8. The van der Waals surface area contributed by atoms with Crippen molar-refractivity contribution in [3.05, 3.63) is 80.7 Å². The minimum Gasteiger partial charge on any atom is -0.355 e. The van der Waals surface area contributed by atoms with Crippen LogP contribution in [-0.4, -0.2) is 22.9 Å². The normalized spacial score (nSPS) is 12.0. The Morgan fingerprint density at radius 3 is 2.06 bits per heavy atom. The number of aromatic nitrogens is 2. The summed E-state index contributed by atoms with van der Waals surface area (Å²) >= 11 is 3.37. The number of aryl methyl sites for hydroxylation is 1. The minimum absolute atomic E-state index is 0.0000482. The third-order valence-corrected chi connectivity index (χ3v) is 5.39. The molecular formula is C22H16BrF6N3O. The number of hydrogen-bond acceptors (Lipinski definition) is 3. The predicted molar refractivity (Wildman–Crippen MR) is 113 cm³/mol. The van der Waals surface area contributed by atoms with Crippen molar-refractivity contribution in [3.63, 3.8) is 0 Å². The average molecular weight is 532 g/mol. The van der Waals surface area contributed by atoms with E-state index in [9.17, 15) is 31.1 Å². The van der Waals surface area contributed by atoms with E-state index in [0.717, 1.165) is 0 Å². The topological polar surface area (TPSA) is 54.9 Å². The first-order valence-electron chi connectivity index (χ1n) is 9.44. The molecule has 1 N–H and O–H groups in total. The number of hydrogen-bond donors (Lipinski definition) is 1. The van der Waals surface area contributed by atoms with E-state index < -0.39 is 35.8 Å². The molecule has 0 aliphatic heterocycles. The first-order valence-corrected chi connectivity index (χ1v) is 10.2. The van der Waals surface area contributed by atoms with Gasteiger partial charge in [0, 0.05) is 23.5 Å². The van der Waals surface area contributed by atoms with Crippen molar-refractivity contribution >= 4 is 21.8 Å². The van der Waals surface area contributed by atoms with E-state index >= 15 is 0 Å². The van der Waals surface area contributed by atoms with Gasteiger partial charge < -0.3 is 5.32 Å². The van der Waals surface area contributed by atoms with Gasteiger partial charge in [-0.1, -0.05) is 34.1 Å². The minimum atomic E-state index is -4.98. The molecule has 0 aliphatic carbocycles. The third kappa shape index (κ3) is 5.52. The number of nitrogens with zero attached hydrogens (tertiary/aromatic N) is 2. The van der Waals surface area contributed by atoms with Gasteiger partial charge in [-0.05, 0) is 36.8 Å². The zero-order chi connectivity index (χ0) is 24.6. The lowest BCUT2D eigenvalue weighted by atomic mass is 9.96. The van der Waals surface area contributed by atoms with Crippen molar-refractivity contribution < 1.29 is 31.1 Å². The summed E-state index contributed by atoms with van der Waals surface area (Å²) in [5.41, 5.74) is -2.49. The number of benzene rings is 2. The summed E-state index contributed by atoms with van der Waals surface area (Å²) in [7, 11) is 1.35. The first-order chi connectivity index (χ1) is 15.3. The van der Waals surface area contributed by atoms with Crippen LogP contribution >= 0.6 is 15.9 Å². The first kappa shape index (κ1) is 24.7. The SMILES string of the molecule is CNC(=O)c1c(Cc2cc(C(F)(F)F)cc(C(F)(F)F)c2)nc(C)nc1-c1ccccc1Br. The van der Waals surface area contributed by atoms with E-state index in [0.29, 0.717) is 22.2 Å². The third-order valence-electron chi connectivity index (χ3n) is 4.70. The van der Waals surface area contributed by atoms with E-state index in [4.69, 9.17) is 0 Å². The molecular weight excluding hydrogens is 516 g/mol. The molecule has 0 spiro atoms. The van der Waals surface area contributed by atoms with Gasteiger partial charge in [-0.2, -0.15) is 26.3 Å². The standard InChI is InChI=1S/C22H16BrF6N3O/c1-11-31-17(9-12-7-13(21(24,25)26)10-14(8-12)22(27,28)29)18(20(33)30-2)19(32-11)15-5-3-4-6-16(15)23/h3-8,10H,9H2,1-2H3,(H,30,33). The van der Waals surface area contributed by atoms with Crippen molar-refractivity contribution in [2.75, 3.05) is 7.05 Å². The molecule has 0 fully saturated rings. The molecule has 33 heavy (non-hydrogen) atoms. The average Bonchev–Trinajstić information content (AvgIpc) is 2.71. The fourth-order valence-electron chi connectivity index (χ4n) is 3.28. The van der Waals surface area contributed by atoms with Crippen LogP contribution in [0.4, 0.5) is 26.3 Å². The van der Waals surface area contributed by atoms with Gasteiger partial charge in [0.2, 0.25) is 0 Å². The maximum atomic E-state index is 13.3. The second kappa shape index (κ2) is 9.12. The maximum Gasteiger partial charge on any atom is 0.416 e. The molecule has 0 atom stereocenters. The Hall–Kier alpha value is -2.95. The Morgan fingerprint density at radius 2 is 1.55 bits per heavy atom. The molecule has 0 unspecified atom stereocenters. The summed E-state index contributed by atoms with van der Waals surface area (Å²) in [6.45, 7) is 1.52. The van der Waals surface area contributed by atoms with E-state index in [2.05, 4.69) is 31.2 Å². The van der Waals surface area contributed by atoms with Crippen molar-refractivity contribution in [2.24, 2.45) is 0 Å². The van der Waals surface area contributed by atoms with Crippen molar-refractivity contribution in [1.82, 2.24) is 15.3 Å². The highest BCUT2D eigenvalue weighted by molar-refractivity contribution is 9.10. The molecule has 1 aromatic heterocycles. The second-order valence-electron chi connectivity index (χ2n) is 7.09. The quantitative estimate of drug-likeness (QED) is 0.407. The molecule has 0 radical (unpaired) electrons. The summed E-state index contributed by atoms with van der Waals surface area (Å²) in [4.78, 5) is 21.2. The van der Waals surface area contributed by atoms with Crippen LogP contribution in [0.25, 0.3) is 11.3 Å². The van der Waals surface area contributed by atoms with Crippen LogP contribution in [0.1, 0.15) is 38.6 Å². The Morgan fingerprint density at radius 1 is 0.970 bits per heavy atom. The summed E-state index contributed by atoms with van der Waals surface area (Å²) in [6.07, 6.45) is -10.4. The highest BCUT2D eigenvalue weighted by Crippen LogP contribution is 2.37. The van der Waals surface area contributed by atoms with Crippen LogP contribution in [0, 0.1) is 6.92 Å². The highest BCUT2D eigenvalue weighted by Gasteiger charge is 2.37. The molecule has 3 aromatic rings. The lowest BCUT2D eigenvalue weighted by Crippen LogP contribution is -2.23. The number of alkyl halides is 6. The van der Waals surface area contributed by atoms with E-state index in [1.807, 2.05) is 0 Å². The number of rotatable bonds is 4. The Balaban J connectivity index is 2.24. The highest BCUT2D eigenvalue weighted by atomic mass is 79.9. The smallest absolute Gasteiger partial charge is 0.355 e. The van der Waals surface area contributed by atoms with Crippen LogP contribution in [0.5, 0.6) is 0 Å². The van der Waals surface area contributed by atoms with Gasteiger partial charge in [0.1, 0.15) is 5.82 Å². The van der Waals surface area contributed by atoms with Crippen LogP contribution in [0.15, 0.2) is 46.9 Å². The van der Waals surface area contributed by atoms with Crippen LogP contribution < -0.4 is 5.32 Å². The zero-order valence-electron chi connectivity index (χ0n) is 17.2. The van der Waals surface area contributed by atoms with Gasteiger partial charge in [-0.25, -0.2) is 9.97 Å². The molecule has 2 aromatic carbocycles. The van der Waals surface area contributed by atoms with Crippen LogP contribution in [-0.2, 0) is 18.8 Å². The molecule has 1 amide bonds. The molecule has 3 rings (SSSR count). The largest absolute Gasteiger partial charge is 0.416 e. The molecule has 0 saturated carbocycles. The van der Waals surface area contributed by atoms with Gasteiger partial charge in [0.15, 0.2) is 0 Å². The molecule has 0 bridgehead atoms. The van der Waals surface area contributed by atoms with Gasteiger partial charge in [0.05, 0.1) is 28.1 Å². The van der Waals surface area contributed by atoms with Gasteiger partial charge in [-0.3, -0.25) is 4.79 Å². The van der Waals surface area contributed by atoms with E-state index in [1.165, 1.54) is 14.0 Å². The monoisotopic (exact) mass is 531 g/mol. The van der Waals surface area contributed by atoms with Gasteiger partial charge in [-0.15, -0.1) is 0 Å². The molecule has 11 heteroatoms. The Labute approximate surface area is 193 Å². The van der Waals surface area contributed by atoms with Crippen LogP contribution in [0.3, 0.4) is 0 Å². The predicted octanol–water partition coefficient (Wildman–Crippen LogP) is 6.20. The summed E-state index contributed by atoms with van der Waals surface area (Å²) in [5, 5.41) is 2.43. The molecule has 174 valence electrons. The van der Waals surface area contributed by atoms with E-state index in [-0.39, 0.29) is 34.4 Å². The molecule has 1 heterocycles. The van der Waals surface area contributed by atoms with Gasteiger partial charge in [0.25, 0.3) is 5.91 Å². The molecule has 4 nitrogen and oxygen atoms in total. The van der Waals surface area contributed by atoms with Crippen molar-refractivity contribution in [1.29, 1.82) is 0 Å². The Bertz CT molecular complexity index is 1180. The summed E-state index contributed by atoms with van der Waals surface area (Å²) in [6, 6.07) is 8.13. The lowest BCUT2D eigenvalue weighted by Gasteiger charge is -2.17. The number of carbonyl (C=O) groups excluding carboxylic acids is 1. The molecule has 0 saturated heterocycles.